The average Bonchev–Trinajstić information content (AvgIpc) is 2.63. The van der Waals surface area contributed by atoms with Crippen molar-refractivity contribution in [3.8, 4) is 0 Å². The summed E-state index contributed by atoms with van der Waals surface area (Å²) in [5.41, 5.74) is 0.448. The van der Waals surface area contributed by atoms with E-state index in [9.17, 15) is 4.79 Å². The fourth-order valence-corrected chi connectivity index (χ4v) is 4.42. The van der Waals surface area contributed by atoms with Crippen LogP contribution in [0, 0.1) is 5.92 Å². The largest absolute Gasteiger partial charge is 0.381 e. The third-order valence-corrected chi connectivity index (χ3v) is 5.87. The highest BCUT2D eigenvalue weighted by Gasteiger charge is 2.45. The van der Waals surface area contributed by atoms with Crippen LogP contribution in [0.25, 0.3) is 0 Å². The van der Waals surface area contributed by atoms with Crippen molar-refractivity contribution in [3.63, 3.8) is 0 Å². The van der Waals surface area contributed by atoms with Crippen LogP contribution in [0.3, 0.4) is 0 Å². The number of rotatable bonds is 4. The Labute approximate surface area is 161 Å². The molecule has 3 rings (SSSR count). The van der Waals surface area contributed by atoms with Crippen molar-refractivity contribution in [1.82, 2.24) is 10.2 Å². The lowest BCUT2D eigenvalue weighted by Crippen LogP contribution is -2.52. The van der Waals surface area contributed by atoms with Gasteiger partial charge in [-0.1, -0.05) is 29.8 Å². The monoisotopic (exact) mass is 386 g/mol. The van der Waals surface area contributed by atoms with E-state index in [1.165, 1.54) is 0 Å². The van der Waals surface area contributed by atoms with Crippen molar-refractivity contribution in [2.24, 2.45) is 5.92 Å². The Hall–Kier alpha value is -0.810. The van der Waals surface area contributed by atoms with Gasteiger partial charge in [-0.15, -0.1) is 12.4 Å². The Morgan fingerprint density at radius 1 is 1.28 bits per heavy atom. The molecule has 0 unspecified atom stereocenters. The van der Waals surface area contributed by atoms with E-state index in [2.05, 4.69) is 10.2 Å². The van der Waals surface area contributed by atoms with E-state index in [0.29, 0.717) is 37.0 Å². The van der Waals surface area contributed by atoms with Crippen molar-refractivity contribution in [2.75, 3.05) is 39.9 Å². The zero-order valence-corrected chi connectivity index (χ0v) is 16.4. The first-order valence-corrected chi connectivity index (χ1v) is 9.32. The van der Waals surface area contributed by atoms with Crippen LogP contribution in [-0.4, -0.2) is 50.7 Å². The molecule has 4 nitrogen and oxygen atoms in total. The van der Waals surface area contributed by atoms with Crippen LogP contribution in [0.5, 0.6) is 0 Å². The summed E-state index contributed by atoms with van der Waals surface area (Å²) in [7, 11) is 1.99. The Morgan fingerprint density at radius 2 is 1.92 bits per heavy atom. The first kappa shape index (κ1) is 20.5. The van der Waals surface area contributed by atoms with Gasteiger partial charge in [-0.05, 0) is 56.8 Å². The molecule has 0 saturated carbocycles. The number of benzene rings is 1. The Morgan fingerprint density at radius 3 is 2.52 bits per heavy atom. The Bertz CT molecular complexity index is 568. The first-order chi connectivity index (χ1) is 11.7. The standard InChI is InChI=1S/C19H27ClN2O2.ClH/c1-21-14-15-6-10-22(11-7-15)18(23)19(8-12-24-13-9-19)16-4-2-3-5-17(16)20;/h2-5,15,21H,6-14H2,1H3;1H. The predicted molar refractivity (Wildman–Crippen MR) is 104 cm³/mol. The summed E-state index contributed by atoms with van der Waals surface area (Å²) >= 11 is 6.47. The maximum absolute atomic E-state index is 13.5. The predicted octanol–water partition coefficient (Wildman–Crippen LogP) is 3.27. The lowest BCUT2D eigenvalue weighted by Gasteiger charge is -2.42. The molecule has 2 saturated heterocycles. The van der Waals surface area contributed by atoms with E-state index < -0.39 is 5.41 Å². The van der Waals surface area contributed by atoms with Gasteiger partial charge in [0.1, 0.15) is 0 Å². The van der Waals surface area contributed by atoms with Crippen LogP contribution in [0.1, 0.15) is 31.2 Å². The smallest absolute Gasteiger partial charge is 0.233 e. The van der Waals surface area contributed by atoms with Gasteiger partial charge in [0.2, 0.25) is 5.91 Å². The highest BCUT2D eigenvalue weighted by molar-refractivity contribution is 6.31. The molecule has 0 radical (unpaired) electrons. The second-order valence-corrected chi connectivity index (χ2v) is 7.37. The molecule has 0 bridgehead atoms. The summed E-state index contributed by atoms with van der Waals surface area (Å²) in [6, 6.07) is 7.80. The van der Waals surface area contributed by atoms with Crippen LogP contribution in [0.4, 0.5) is 0 Å². The fourth-order valence-electron chi connectivity index (χ4n) is 4.10. The number of hydrogen-bond donors (Lipinski definition) is 1. The molecule has 2 fully saturated rings. The number of likely N-dealkylation sites (tertiary alicyclic amines) is 1. The minimum atomic E-state index is -0.521. The van der Waals surface area contributed by atoms with Gasteiger partial charge in [-0.3, -0.25) is 4.79 Å². The van der Waals surface area contributed by atoms with E-state index in [1.54, 1.807) is 0 Å². The molecule has 6 heteroatoms. The van der Waals surface area contributed by atoms with Crippen molar-refractivity contribution < 1.29 is 9.53 Å². The van der Waals surface area contributed by atoms with Gasteiger partial charge in [0.15, 0.2) is 0 Å². The van der Waals surface area contributed by atoms with Gasteiger partial charge < -0.3 is 15.0 Å². The van der Waals surface area contributed by atoms with Crippen molar-refractivity contribution >= 4 is 29.9 Å². The SMILES string of the molecule is CNCC1CCN(C(=O)C2(c3ccccc3Cl)CCOCC2)CC1.Cl. The molecule has 2 aliphatic rings. The molecular weight excluding hydrogens is 359 g/mol. The molecular formula is C19H28Cl2N2O2. The highest BCUT2D eigenvalue weighted by Crippen LogP contribution is 2.40. The third-order valence-electron chi connectivity index (χ3n) is 5.54. The number of carbonyl (C=O) groups excluding carboxylic acids is 1. The van der Waals surface area contributed by atoms with E-state index in [4.69, 9.17) is 16.3 Å². The summed E-state index contributed by atoms with van der Waals surface area (Å²) in [4.78, 5) is 15.5. The van der Waals surface area contributed by atoms with Gasteiger partial charge in [0.25, 0.3) is 0 Å². The Kier molecular flexibility index (Phi) is 7.56. The molecule has 25 heavy (non-hydrogen) atoms. The van der Waals surface area contributed by atoms with Crippen LogP contribution in [-0.2, 0) is 14.9 Å². The molecule has 2 heterocycles. The molecule has 0 atom stereocenters. The van der Waals surface area contributed by atoms with E-state index in [1.807, 2.05) is 31.3 Å². The molecule has 0 aliphatic carbocycles. The summed E-state index contributed by atoms with van der Waals surface area (Å²) in [6.45, 7) is 3.96. The lowest BCUT2D eigenvalue weighted by molar-refractivity contribution is -0.142. The molecule has 0 aromatic heterocycles. The number of carbonyl (C=O) groups is 1. The van der Waals surface area contributed by atoms with Gasteiger partial charge in [0, 0.05) is 31.3 Å². The highest BCUT2D eigenvalue weighted by atomic mass is 35.5. The van der Waals surface area contributed by atoms with Crippen molar-refractivity contribution in [2.45, 2.75) is 31.1 Å². The maximum atomic E-state index is 13.5. The zero-order valence-electron chi connectivity index (χ0n) is 14.8. The Balaban J connectivity index is 0.00000225. The summed E-state index contributed by atoms with van der Waals surface area (Å²) in [5, 5.41) is 3.94. The molecule has 1 aromatic rings. The number of nitrogens with one attached hydrogen (secondary N) is 1. The second-order valence-electron chi connectivity index (χ2n) is 6.97. The van der Waals surface area contributed by atoms with Gasteiger partial charge in [-0.2, -0.15) is 0 Å². The number of halogens is 2. The van der Waals surface area contributed by atoms with Crippen molar-refractivity contribution in [1.29, 1.82) is 0 Å². The number of ether oxygens (including phenoxy) is 1. The normalized spacial score (nSPS) is 20.8. The minimum absolute atomic E-state index is 0. The molecule has 140 valence electrons. The van der Waals surface area contributed by atoms with Crippen LogP contribution < -0.4 is 5.32 Å². The lowest BCUT2D eigenvalue weighted by atomic mass is 9.72. The number of hydrogen-bond acceptors (Lipinski definition) is 3. The number of nitrogens with zero attached hydrogens (tertiary/aromatic N) is 1. The maximum Gasteiger partial charge on any atom is 0.233 e. The summed E-state index contributed by atoms with van der Waals surface area (Å²) < 4.78 is 5.55. The summed E-state index contributed by atoms with van der Waals surface area (Å²) in [5.74, 6) is 0.909. The second kappa shape index (κ2) is 9.22. The number of piperidine rings is 1. The number of amides is 1. The van der Waals surface area contributed by atoms with Crippen LogP contribution in [0.2, 0.25) is 5.02 Å². The van der Waals surface area contributed by atoms with Crippen molar-refractivity contribution in [3.05, 3.63) is 34.9 Å². The van der Waals surface area contributed by atoms with Gasteiger partial charge in [-0.25, -0.2) is 0 Å². The molecule has 0 spiro atoms. The third kappa shape index (κ3) is 4.30. The first-order valence-electron chi connectivity index (χ1n) is 8.94. The summed E-state index contributed by atoms with van der Waals surface area (Å²) in [6.07, 6.45) is 3.57. The average molecular weight is 387 g/mol. The fraction of sp³-hybridized carbons (Fsp3) is 0.632. The molecule has 1 aromatic carbocycles. The zero-order chi connectivity index (χ0) is 17.0. The molecule has 2 aliphatic heterocycles. The van der Waals surface area contributed by atoms with Gasteiger partial charge >= 0.3 is 0 Å². The van der Waals surface area contributed by atoms with E-state index >= 15 is 0 Å². The topological polar surface area (TPSA) is 41.6 Å². The van der Waals surface area contributed by atoms with Crippen LogP contribution in [0.15, 0.2) is 24.3 Å². The molecule has 1 amide bonds. The quantitative estimate of drug-likeness (QED) is 0.862. The van der Waals surface area contributed by atoms with E-state index in [0.717, 1.165) is 38.0 Å². The van der Waals surface area contributed by atoms with E-state index in [-0.39, 0.29) is 18.3 Å². The van der Waals surface area contributed by atoms with Crippen LogP contribution >= 0.6 is 24.0 Å². The molecule has 1 N–H and O–H groups in total. The minimum Gasteiger partial charge on any atom is -0.381 e. The van der Waals surface area contributed by atoms with Gasteiger partial charge in [0.05, 0.1) is 5.41 Å².